The van der Waals surface area contributed by atoms with Crippen molar-refractivity contribution >= 4 is 46.6 Å². The van der Waals surface area contributed by atoms with E-state index in [0.717, 1.165) is 36.8 Å². The van der Waals surface area contributed by atoms with Crippen molar-refractivity contribution in [2.24, 2.45) is 0 Å². The maximum absolute atomic E-state index is 13.9. The van der Waals surface area contributed by atoms with E-state index in [0.29, 0.717) is 27.1 Å². The molecule has 0 aromatic heterocycles. The van der Waals surface area contributed by atoms with E-state index in [1.165, 1.54) is 6.42 Å². The van der Waals surface area contributed by atoms with E-state index < -0.39 is 6.04 Å². The molecule has 1 aliphatic carbocycles. The highest BCUT2D eigenvalue weighted by atomic mass is 35.5. The van der Waals surface area contributed by atoms with E-state index in [2.05, 4.69) is 5.32 Å². The molecule has 0 aliphatic heterocycles. The molecule has 3 aromatic rings. The number of amides is 2. The van der Waals surface area contributed by atoms with Crippen molar-refractivity contribution < 1.29 is 9.59 Å². The standard InChI is InChI=1S/C30H31Cl3N2O2/c31-23-16-14-22(15-17-23)20-35(29(36)19-25-26(32)12-7-13-27(25)33)28(18-21-8-3-1-4-9-21)30(37)34-24-10-5-2-6-11-24/h1,3-4,7-9,12-17,24,28H,2,5-6,10-11,18-20H2,(H,34,37). The van der Waals surface area contributed by atoms with Gasteiger partial charge in [-0.05, 0) is 53.8 Å². The molecule has 4 nitrogen and oxygen atoms in total. The van der Waals surface area contributed by atoms with Crippen LogP contribution in [-0.2, 0) is 29.0 Å². The van der Waals surface area contributed by atoms with Gasteiger partial charge >= 0.3 is 0 Å². The number of rotatable bonds is 9. The SMILES string of the molecule is O=C(NC1CCCCC1)C(Cc1ccccc1)N(Cc1ccc(Cl)cc1)C(=O)Cc1c(Cl)cccc1Cl. The minimum Gasteiger partial charge on any atom is -0.352 e. The van der Waals surface area contributed by atoms with Crippen LogP contribution in [0.2, 0.25) is 15.1 Å². The van der Waals surface area contributed by atoms with Gasteiger partial charge in [0, 0.05) is 34.1 Å². The van der Waals surface area contributed by atoms with E-state index in [4.69, 9.17) is 34.8 Å². The molecule has 0 spiro atoms. The predicted octanol–water partition coefficient (Wildman–Crippen LogP) is 7.28. The Morgan fingerprint density at radius 2 is 1.46 bits per heavy atom. The number of halogens is 3. The Labute approximate surface area is 233 Å². The lowest BCUT2D eigenvalue weighted by molar-refractivity contribution is -0.141. The third kappa shape index (κ3) is 7.73. The number of hydrogen-bond donors (Lipinski definition) is 1. The van der Waals surface area contributed by atoms with Gasteiger partial charge in [-0.1, -0.05) is 103 Å². The molecule has 0 heterocycles. The lowest BCUT2D eigenvalue weighted by Crippen LogP contribution is -2.53. The smallest absolute Gasteiger partial charge is 0.243 e. The number of nitrogens with one attached hydrogen (secondary N) is 1. The molecule has 194 valence electrons. The molecule has 0 radical (unpaired) electrons. The van der Waals surface area contributed by atoms with Gasteiger partial charge in [-0.15, -0.1) is 0 Å². The zero-order valence-corrected chi connectivity index (χ0v) is 22.9. The van der Waals surface area contributed by atoms with Crippen molar-refractivity contribution in [2.45, 2.75) is 63.6 Å². The van der Waals surface area contributed by atoms with Crippen molar-refractivity contribution in [3.8, 4) is 0 Å². The van der Waals surface area contributed by atoms with Gasteiger partial charge in [0.15, 0.2) is 0 Å². The van der Waals surface area contributed by atoms with E-state index >= 15 is 0 Å². The van der Waals surface area contributed by atoms with Gasteiger partial charge < -0.3 is 10.2 Å². The fourth-order valence-electron chi connectivity index (χ4n) is 4.84. The van der Waals surface area contributed by atoms with Crippen LogP contribution in [-0.4, -0.2) is 28.8 Å². The summed E-state index contributed by atoms with van der Waals surface area (Å²) in [6.45, 7) is 0.258. The monoisotopic (exact) mass is 556 g/mol. The normalized spacial score (nSPS) is 14.7. The highest BCUT2D eigenvalue weighted by Gasteiger charge is 2.32. The van der Waals surface area contributed by atoms with Crippen LogP contribution < -0.4 is 5.32 Å². The lowest BCUT2D eigenvalue weighted by Gasteiger charge is -2.33. The Kier molecular flexibility index (Phi) is 9.90. The molecular formula is C30H31Cl3N2O2. The van der Waals surface area contributed by atoms with Crippen LogP contribution in [0, 0.1) is 0 Å². The van der Waals surface area contributed by atoms with Gasteiger partial charge in [-0.3, -0.25) is 9.59 Å². The van der Waals surface area contributed by atoms with Crippen molar-refractivity contribution in [1.29, 1.82) is 0 Å². The molecule has 1 unspecified atom stereocenters. The first-order valence-electron chi connectivity index (χ1n) is 12.7. The van der Waals surface area contributed by atoms with Gasteiger partial charge in [-0.25, -0.2) is 0 Å². The van der Waals surface area contributed by atoms with Crippen LogP contribution >= 0.6 is 34.8 Å². The molecule has 1 atom stereocenters. The topological polar surface area (TPSA) is 49.4 Å². The summed E-state index contributed by atoms with van der Waals surface area (Å²) in [4.78, 5) is 29.4. The maximum atomic E-state index is 13.9. The van der Waals surface area contributed by atoms with E-state index in [1.54, 1.807) is 35.2 Å². The minimum atomic E-state index is -0.700. The van der Waals surface area contributed by atoms with Crippen LogP contribution in [0.4, 0.5) is 0 Å². The van der Waals surface area contributed by atoms with Gasteiger partial charge in [0.1, 0.15) is 6.04 Å². The third-order valence-corrected chi connectivity index (χ3v) is 7.84. The highest BCUT2D eigenvalue weighted by Crippen LogP contribution is 2.27. The summed E-state index contributed by atoms with van der Waals surface area (Å²) in [5.41, 5.74) is 2.42. The molecule has 1 fully saturated rings. The first-order valence-corrected chi connectivity index (χ1v) is 13.8. The maximum Gasteiger partial charge on any atom is 0.243 e. The van der Waals surface area contributed by atoms with Crippen molar-refractivity contribution in [1.82, 2.24) is 10.2 Å². The Morgan fingerprint density at radius 3 is 2.11 bits per heavy atom. The molecule has 1 saturated carbocycles. The van der Waals surface area contributed by atoms with Crippen molar-refractivity contribution in [3.63, 3.8) is 0 Å². The summed E-state index contributed by atoms with van der Waals surface area (Å²) in [5, 5.41) is 4.72. The lowest BCUT2D eigenvalue weighted by atomic mass is 9.94. The zero-order chi connectivity index (χ0) is 26.2. The molecular weight excluding hydrogens is 527 g/mol. The number of benzene rings is 3. The minimum absolute atomic E-state index is 0.00586. The first kappa shape index (κ1) is 27.5. The zero-order valence-electron chi connectivity index (χ0n) is 20.6. The average molecular weight is 558 g/mol. The fourth-order valence-corrected chi connectivity index (χ4v) is 5.50. The molecule has 0 saturated heterocycles. The Bertz CT molecular complexity index is 1170. The number of nitrogens with zero attached hydrogens (tertiary/aromatic N) is 1. The Hall–Kier alpha value is -2.53. The summed E-state index contributed by atoms with van der Waals surface area (Å²) in [5.74, 6) is -0.354. The molecule has 1 aliphatic rings. The summed E-state index contributed by atoms with van der Waals surface area (Å²) in [7, 11) is 0. The molecule has 7 heteroatoms. The van der Waals surface area contributed by atoms with Gasteiger partial charge in [0.25, 0.3) is 0 Å². The predicted molar refractivity (Wildman–Crippen MR) is 151 cm³/mol. The second kappa shape index (κ2) is 13.3. The summed E-state index contributed by atoms with van der Waals surface area (Å²) < 4.78 is 0. The van der Waals surface area contributed by atoms with E-state index in [9.17, 15) is 9.59 Å². The molecule has 37 heavy (non-hydrogen) atoms. The van der Waals surface area contributed by atoms with Crippen LogP contribution in [0.15, 0.2) is 72.8 Å². The van der Waals surface area contributed by atoms with Gasteiger partial charge in [0.2, 0.25) is 11.8 Å². The van der Waals surface area contributed by atoms with Crippen LogP contribution in [0.1, 0.15) is 48.8 Å². The Morgan fingerprint density at radius 1 is 0.811 bits per heavy atom. The Balaban J connectivity index is 1.68. The summed E-state index contributed by atoms with van der Waals surface area (Å²) in [6.07, 6.45) is 5.72. The largest absolute Gasteiger partial charge is 0.352 e. The van der Waals surface area contributed by atoms with Crippen LogP contribution in [0.5, 0.6) is 0 Å². The van der Waals surface area contributed by atoms with E-state index in [-0.39, 0.29) is 30.8 Å². The molecule has 3 aromatic carbocycles. The third-order valence-electron chi connectivity index (χ3n) is 6.88. The number of carbonyl (C=O) groups excluding carboxylic acids is 2. The van der Waals surface area contributed by atoms with Gasteiger partial charge in [0.05, 0.1) is 6.42 Å². The quantitative estimate of drug-likeness (QED) is 0.301. The van der Waals surface area contributed by atoms with E-state index in [1.807, 2.05) is 42.5 Å². The second-order valence-corrected chi connectivity index (χ2v) is 10.8. The van der Waals surface area contributed by atoms with Crippen molar-refractivity contribution in [3.05, 3.63) is 105 Å². The van der Waals surface area contributed by atoms with Crippen LogP contribution in [0.3, 0.4) is 0 Å². The fraction of sp³-hybridized carbons (Fsp3) is 0.333. The van der Waals surface area contributed by atoms with Crippen LogP contribution in [0.25, 0.3) is 0 Å². The van der Waals surface area contributed by atoms with Gasteiger partial charge in [-0.2, -0.15) is 0 Å². The molecule has 1 N–H and O–H groups in total. The average Bonchev–Trinajstić information content (AvgIpc) is 2.90. The van der Waals surface area contributed by atoms with Crippen molar-refractivity contribution in [2.75, 3.05) is 0 Å². The molecule has 4 rings (SSSR count). The second-order valence-electron chi connectivity index (χ2n) is 9.57. The number of hydrogen-bond acceptors (Lipinski definition) is 2. The molecule has 2 amide bonds. The number of carbonyl (C=O) groups is 2. The molecule has 0 bridgehead atoms. The first-order chi connectivity index (χ1) is 17.9. The summed E-state index contributed by atoms with van der Waals surface area (Å²) in [6, 6.07) is 21.8. The highest BCUT2D eigenvalue weighted by molar-refractivity contribution is 6.36. The summed E-state index contributed by atoms with van der Waals surface area (Å²) >= 11 is 18.9.